The van der Waals surface area contributed by atoms with Gasteiger partial charge in [0, 0.05) is 41.9 Å². The standard InChI is InChI=1S/C26H32N6O5S/c1-17(28-14-25(33)31-9-8-24(27)29-16-31)10-18-6-7-22-20(11-18)13-23(26(34)35)32(22)15-19-4-3-5-21(12-19)30-38(2,36)37/h3-9,11-13,17,25,28,30,33H,10,14-16H2,1-2H3,(H2,27,29)(H,34,35). The lowest BCUT2D eigenvalue weighted by molar-refractivity contribution is 0.0375. The first kappa shape index (κ1) is 27.2. The highest BCUT2D eigenvalue weighted by Crippen LogP contribution is 2.24. The van der Waals surface area contributed by atoms with Crippen molar-refractivity contribution in [2.24, 2.45) is 10.7 Å². The van der Waals surface area contributed by atoms with Gasteiger partial charge in [-0.3, -0.25) is 4.72 Å². The number of rotatable bonds is 11. The van der Waals surface area contributed by atoms with Crippen LogP contribution in [0.3, 0.4) is 0 Å². The van der Waals surface area contributed by atoms with Gasteiger partial charge in [-0.2, -0.15) is 0 Å². The predicted molar refractivity (Wildman–Crippen MR) is 148 cm³/mol. The van der Waals surface area contributed by atoms with E-state index in [0.29, 0.717) is 31.2 Å². The van der Waals surface area contributed by atoms with Crippen molar-refractivity contribution in [2.45, 2.75) is 32.2 Å². The van der Waals surface area contributed by atoms with E-state index in [1.54, 1.807) is 46.0 Å². The van der Waals surface area contributed by atoms with Crippen LogP contribution in [0, 0.1) is 0 Å². The Labute approximate surface area is 221 Å². The third-order valence-electron chi connectivity index (χ3n) is 6.18. The first-order valence-corrected chi connectivity index (χ1v) is 13.9. The number of benzene rings is 2. The molecule has 11 nitrogen and oxygen atoms in total. The number of aliphatic imine (C=N–C) groups is 1. The highest BCUT2D eigenvalue weighted by Gasteiger charge is 2.18. The smallest absolute Gasteiger partial charge is 0.352 e. The summed E-state index contributed by atoms with van der Waals surface area (Å²) in [6.45, 7) is 2.93. The number of aliphatic hydroxyl groups is 1. The minimum Gasteiger partial charge on any atom is -0.477 e. The monoisotopic (exact) mass is 540 g/mol. The van der Waals surface area contributed by atoms with Crippen molar-refractivity contribution in [1.82, 2.24) is 14.8 Å². The topological polar surface area (TPSA) is 162 Å². The maximum absolute atomic E-state index is 12.0. The second-order valence-corrected chi connectivity index (χ2v) is 11.2. The van der Waals surface area contributed by atoms with Crippen molar-refractivity contribution >= 4 is 38.4 Å². The zero-order valence-corrected chi connectivity index (χ0v) is 22.0. The van der Waals surface area contributed by atoms with Crippen molar-refractivity contribution in [3.63, 3.8) is 0 Å². The second-order valence-electron chi connectivity index (χ2n) is 9.44. The van der Waals surface area contributed by atoms with Gasteiger partial charge >= 0.3 is 5.97 Å². The number of hydrogen-bond acceptors (Lipinski definition) is 8. The highest BCUT2D eigenvalue weighted by atomic mass is 32.2. The number of sulfonamides is 1. The van der Waals surface area contributed by atoms with Crippen molar-refractivity contribution in [2.75, 3.05) is 24.2 Å². The molecule has 0 bridgehead atoms. The Morgan fingerprint density at radius 2 is 1.97 bits per heavy atom. The van der Waals surface area contributed by atoms with Crippen LogP contribution in [0.15, 0.2) is 65.8 Å². The SMILES string of the molecule is CC(Cc1ccc2c(c1)cc(C(=O)O)n2Cc1cccc(NS(C)(=O)=O)c1)NCC(O)N1C=CC(N)=NC1. The van der Waals surface area contributed by atoms with Crippen molar-refractivity contribution < 1.29 is 23.4 Å². The number of aromatic carboxylic acids is 1. The Morgan fingerprint density at radius 3 is 2.66 bits per heavy atom. The quantitative estimate of drug-likeness (QED) is 0.246. The summed E-state index contributed by atoms with van der Waals surface area (Å²) in [6, 6.07) is 14.4. The van der Waals surface area contributed by atoms with E-state index in [0.717, 1.165) is 28.3 Å². The molecule has 0 saturated heterocycles. The molecule has 3 aromatic rings. The van der Waals surface area contributed by atoms with Crippen molar-refractivity contribution in [3.8, 4) is 0 Å². The Hall–Kier alpha value is -3.87. The Balaban J connectivity index is 1.47. The molecule has 0 fully saturated rings. The summed E-state index contributed by atoms with van der Waals surface area (Å²) in [7, 11) is -3.43. The zero-order chi connectivity index (χ0) is 27.4. The van der Waals surface area contributed by atoms with Gasteiger partial charge in [0.2, 0.25) is 10.0 Å². The summed E-state index contributed by atoms with van der Waals surface area (Å²) in [5.41, 5.74) is 8.73. The molecule has 12 heteroatoms. The summed E-state index contributed by atoms with van der Waals surface area (Å²) in [5, 5.41) is 24.4. The predicted octanol–water partition coefficient (Wildman–Crippen LogP) is 1.74. The van der Waals surface area contributed by atoms with Gasteiger partial charge in [-0.05, 0) is 60.9 Å². The fourth-order valence-electron chi connectivity index (χ4n) is 4.40. The van der Waals surface area contributed by atoms with Gasteiger partial charge in [-0.15, -0.1) is 0 Å². The molecule has 1 aliphatic rings. The molecular formula is C26H32N6O5S. The minimum absolute atomic E-state index is 0.0514. The molecule has 2 aromatic carbocycles. The van der Waals surface area contributed by atoms with Gasteiger partial charge in [-0.25, -0.2) is 18.2 Å². The van der Waals surface area contributed by atoms with E-state index in [1.807, 2.05) is 31.2 Å². The van der Waals surface area contributed by atoms with E-state index in [9.17, 15) is 23.4 Å². The molecule has 0 spiro atoms. The molecule has 2 atom stereocenters. The van der Waals surface area contributed by atoms with Crippen LogP contribution in [-0.4, -0.2) is 71.6 Å². The van der Waals surface area contributed by atoms with Gasteiger partial charge < -0.3 is 30.7 Å². The number of aromatic nitrogens is 1. The largest absolute Gasteiger partial charge is 0.477 e. The number of aliphatic hydroxyl groups excluding tert-OH is 1. The minimum atomic E-state index is -3.43. The molecule has 4 rings (SSSR count). The van der Waals surface area contributed by atoms with Gasteiger partial charge in [0.05, 0.1) is 6.26 Å². The van der Waals surface area contributed by atoms with Gasteiger partial charge in [0.15, 0.2) is 0 Å². The summed E-state index contributed by atoms with van der Waals surface area (Å²) in [6.07, 6.45) is 4.38. The number of amidine groups is 1. The van der Waals surface area contributed by atoms with Gasteiger partial charge in [0.1, 0.15) is 24.4 Å². The molecule has 202 valence electrons. The average molecular weight is 541 g/mol. The Bertz CT molecular complexity index is 1500. The van der Waals surface area contributed by atoms with E-state index >= 15 is 0 Å². The number of carboxylic acids is 1. The van der Waals surface area contributed by atoms with E-state index < -0.39 is 22.2 Å². The average Bonchev–Trinajstić information content (AvgIpc) is 3.20. The normalized spacial score (nSPS) is 15.3. The van der Waals surface area contributed by atoms with Crippen LogP contribution in [0.5, 0.6) is 0 Å². The van der Waals surface area contributed by atoms with E-state index in [1.165, 1.54) is 0 Å². The summed E-state index contributed by atoms with van der Waals surface area (Å²) >= 11 is 0. The van der Waals surface area contributed by atoms with E-state index in [4.69, 9.17) is 5.73 Å². The maximum Gasteiger partial charge on any atom is 0.352 e. The number of nitrogens with two attached hydrogens (primary N) is 1. The van der Waals surface area contributed by atoms with E-state index in [-0.39, 0.29) is 18.3 Å². The number of anilines is 1. The molecule has 0 radical (unpaired) electrons. The van der Waals surface area contributed by atoms with Crippen LogP contribution >= 0.6 is 0 Å². The third kappa shape index (κ3) is 6.91. The first-order valence-electron chi connectivity index (χ1n) is 12.1. The van der Waals surface area contributed by atoms with Crippen LogP contribution < -0.4 is 15.8 Å². The molecule has 1 aliphatic heterocycles. The Morgan fingerprint density at radius 1 is 1.18 bits per heavy atom. The molecular weight excluding hydrogens is 508 g/mol. The molecule has 0 aliphatic carbocycles. The van der Waals surface area contributed by atoms with Crippen molar-refractivity contribution in [1.29, 1.82) is 0 Å². The lowest BCUT2D eigenvalue weighted by Crippen LogP contribution is -2.44. The van der Waals surface area contributed by atoms with Gasteiger partial charge in [-0.1, -0.05) is 18.2 Å². The number of carboxylic acid groups (broad SMARTS) is 1. The second kappa shape index (κ2) is 11.3. The zero-order valence-electron chi connectivity index (χ0n) is 21.2. The molecule has 38 heavy (non-hydrogen) atoms. The lowest BCUT2D eigenvalue weighted by Gasteiger charge is -2.28. The van der Waals surface area contributed by atoms with Crippen LogP contribution in [0.2, 0.25) is 0 Å². The number of fused-ring (bicyclic) bond motifs is 1. The van der Waals surface area contributed by atoms with Crippen molar-refractivity contribution in [3.05, 3.63) is 77.6 Å². The summed E-state index contributed by atoms with van der Waals surface area (Å²) < 4.78 is 27.3. The fourth-order valence-corrected chi connectivity index (χ4v) is 4.96. The van der Waals surface area contributed by atoms with Crippen LogP contribution in [0.25, 0.3) is 10.9 Å². The lowest BCUT2D eigenvalue weighted by atomic mass is 10.1. The van der Waals surface area contributed by atoms with Crippen LogP contribution in [-0.2, 0) is 23.0 Å². The van der Waals surface area contributed by atoms with Crippen LogP contribution in [0.1, 0.15) is 28.5 Å². The molecule has 0 amide bonds. The number of carbonyl (C=O) groups is 1. The summed E-state index contributed by atoms with van der Waals surface area (Å²) in [5.74, 6) is -0.613. The Kier molecular flexibility index (Phi) is 8.05. The molecule has 1 aromatic heterocycles. The molecule has 2 heterocycles. The summed E-state index contributed by atoms with van der Waals surface area (Å²) in [4.78, 5) is 17.8. The molecule has 6 N–H and O–H groups in total. The van der Waals surface area contributed by atoms with Crippen LogP contribution in [0.4, 0.5) is 5.69 Å². The number of hydrogen-bond donors (Lipinski definition) is 5. The fraction of sp³-hybridized carbons (Fsp3) is 0.308. The number of nitrogens with zero attached hydrogens (tertiary/aromatic N) is 3. The third-order valence-corrected chi connectivity index (χ3v) is 6.79. The number of nitrogens with one attached hydrogen (secondary N) is 2. The van der Waals surface area contributed by atoms with Gasteiger partial charge in [0.25, 0.3) is 0 Å². The molecule has 0 saturated carbocycles. The highest BCUT2D eigenvalue weighted by molar-refractivity contribution is 7.92. The van der Waals surface area contributed by atoms with E-state index in [2.05, 4.69) is 15.0 Å². The first-order chi connectivity index (χ1) is 18.0. The maximum atomic E-state index is 12.0. The molecule has 2 unspecified atom stereocenters.